The molecule has 0 saturated heterocycles. The van der Waals surface area contributed by atoms with Crippen LogP contribution in [0.3, 0.4) is 0 Å². The molecule has 0 saturated carbocycles. The molecule has 0 spiro atoms. The fourth-order valence-corrected chi connectivity index (χ4v) is 8.57. The summed E-state index contributed by atoms with van der Waals surface area (Å²) >= 11 is 17.8. The van der Waals surface area contributed by atoms with Crippen molar-refractivity contribution >= 4 is 131 Å². The summed E-state index contributed by atoms with van der Waals surface area (Å²) in [6.07, 6.45) is -5.03. The SMILES string of the molecule is CC(C)CONC(=O)c1cc2cccc(Cl)c2n2nnnc12.NC(=O)c1cc2cccc(OCCCCl)c2n2nnnc12.O=C(O)Nc1cc2ccc(Cl)cc2n2nnnc12.O=C(O)c1cc2cccc(C(F)(F)F)c2n2nnnc12. The van der Waals surface area contributed by atoms with Crippen LogP contribution in [0.4, 0.5) is 23.7 Å². The number of nitrogens with zero attached hydrogens (tertiary/aromatic N) is 16. The fourth-order valence-electron chi connectivity index (χ4n) is 8.03. The van der Waals surface area contributed by atoms with E-state index in [4.69, 9.17) is 60.3 Å². The van der Waals surface area contributed by atoms with Crippen molar-refractivity contribution in [2.24, 2.45) is 11.7 Å². The molecule has 12 aromatic rings. The van der Waals surface area contributed by atoms with E-state index in [-0.39, 0.29) is 27.7 Å². The first-order valence-corrected chi connectivity index (χ1v) is 24.7. The molecule has 81 heavy (non-hydrogen) atoms. The second kappa shape index (κ2) is 23.7. The average molecular weight is 1170 g/mol. The summed E-state index contributed by atoms with van der Waals surface area (Å²) < 4.78 is 49.9. The number of carboxylic acids is 1. The minimum absolute atomic E-state index is 0.0945. The topological polar surface area (TPSA) is 350 Å². The third-order valence-corrected chi connectivity index (χ3v) is 12.2. The maximum Gasteiger partial charge on any atom is 0.418 e. The van der Waals surface area contributed by atoms with Gasteiger partial charge in [0.25, 0.3) is 11.8 Å². The van der Waals surface area contributed by atoms with Gasteiger partial charge in [0, 0.05) is 32.4 Å². The number of aromatic carboxylic acids is 1. The minimum Gasteiger partial charge on any atom is -0.491 e. The van der Waals surface area contributed by atoms with Gasteiger partial charge in [-0.05, 0) is 109 Å². The number of hydrogen-bond acceptors (Lipinski definition) is 18. The quantitative estimate of drug-likeness (QED) is 0.0471. The largest absolute Gasteiger partial charge is 0.491 e. The van der Waals surface area contributed by atoms with Crippen molar-refractivity contribution in [2.45, 2.75) is 26.4 Å². The number of rotatable bonds is 11. The Balaban J connectivity index is 0.000000131. The first-order valence-electron chi connectivity index (χ1n) is 23.4. The number of nitrogens with two attached hydrogens (primary N) is 1. The van der Waals surface area contributed by atoms with Gasteiger partial charge in [-0.25, -0.2) is 15.1 Å². The van der Waals surface area contributed by atoms with E-state index >= 15 is 0 Å². The van der Waals surface area contributed by atoms with Gasteiger partial charge >= 0.3 is 18.2 Å². The number of aromatic nitrogens is 16. The summed E-state index contributed by atoms with van der Waals surface area (Å²) in [4.78, 5) is 50.8. The van der Waals surface area contributed by atoms with Crippen molar-refractivity contribution in [3.8, 4) is 5.75 Å². The van der Waals surface area contributed by atoms with E-state index < -0.39 is 35.6 Å². The van der Waals surface area contributed by atoms with Crippen LogP contribution in [-0.4, -0.2) is 133 Å². The lowest BCUT2D eigenvalue weighted by Gasteiger charge is -2.11. The Kier molecular flexibility index (Phi) is 16.4. The first kappa shape index (κ1) is 56.0. The lowest BCUT2D eigenvalue weighted by atomic mass is 10.1. The molecule has 0 atom stereocenters. The Labute approximate surface area is 464 Å². The number of alkyl halides is 4. The van der Waals surface area contributed by atoms with Gasteiger partial charge in [0.1, 0.15) is 16.8 Å². The van der Waals surface area contributed by atoms with E-state index in [9.17, 15) is 32.3 Å². The predicted molar refractivity (Wildman–Crippen MR) is 284 cm³/mol. The molecule has 0 unspecified atom stereocenters. The van der Waals surface area contributed by atoms with Gasteiger partial charge in [-0.2, -0.15) is 31.2 Å². The second-order valence-corrected chi connectivity index (χ2v) is 18.6. The molecule has 414 valence electrons. The number of carbonyl (C=O) groups is 4. The molecule has 33 heteroatoms. The van der Waals surface area contributed by atoms with E-state index in [1.807, 2.05) is 38.1 Å². The molecule has 4 aromatic carbocycles. The van der Waals surface area contributed by atoms with Crippen molar-refractivity contribution in [3.63, 3.8) is 0 Å². The van der Waals surface area contributed by atoms with Gasteiger partial charge < -0.3 is 20.7 Å². The number of pyridine rings is 4. The van der Waals surface area contributed by atoms with Crippen molar-refractivity contribution in [1.82, 2.24) is 85.6 Å². The fraction of sp³-hybridized carbons (Fsp3) is 0.167. The van der Waals surface area contributed by atoms with Gasteiger partial charge in [0.05, 0.1) is 57.2 Å². The van der Waals surface area contributed by atoms with Gasteiger partial charge in [-0.3, -0.25) is 19.7 Å². The summed E-state index contributed by atoms with van der Waals surface area (Å²) in [5.41, 5.74) is 10.0. The number of nitrogens with one attached hydrogen (secondary N) is 2. The molecule has 0 aliphatic heterocycles. The molecule has 6 N–H and O–H groups in total. The second-order valence-electron chi connectivity index (χ2n) is 17.3. The van der Waals surface area contributed by atoms with E-state index in [2.05, 4.69) is 72.9 Å². The van der Waals surface area contributed by atoms with Crippen LogP contribution in [0.5, 0.6) is 5.75 Å². The zero-order valence-corrected chi connectivity index (χ0v) is 43.8. The molecule has 27 nitrogen and oxygen atoms in total. The Bertz CT molecular complexity index is 4390. The standard InChI is InChI=1S/C14H14ClN5O2.C13H12ClN5O2.C11H5F3N4O2.C10H6ClN5O2/c1-8(2)7-22-17-14(21)10-6-9-4-3-5-11(15)12(9)20-13(10)16-18-19-20;14-5-2-6-21-10-4-1-3-8-7-9(12(15)20)13-16-17-18-19(13)11(8)10;12-11(13,14)7-3-1-2-5-4-6(10(19)20)9-15-16-17-18(9)8(5)7;11-6-2-1-5-3-7(12-10(17)18)9-13-14-15-16(9)8(5)4-6/h3-6,8H,7H2,1-2H3,(H,17,21);1,3-4,7H,2,5-6H2,(H2,15,20);1-4H,(H,19,20);1-4,12H,(H,17,18). The average Bonchev–Trinajstić information content (AvgIpc) is 4.22. The Morgan fingerprint density at radius 1 is 0.667 bits per heavy atom. The first-order chi connectivity index (χ1) is 38.8. The molecule has 0 fully saturated rings. The number of ether oxygens (including phenoxy) is 1. The van der Waals surface area contributed by atoms with Crippen LogP contribution in [0.25, 0.3) is 66.2 Å². The van der Waals surface area contributed by atoms with Gasteiger partial charge in [0.2, 0.25) is 5.65 Å². The van der Waals surface area contributed by atoms with Gasteiger partial charge in [-0.1, -0.05) is 79.5 Å². The molecule has 8 aromatic heterocycles. The Morgan fingerprint density at radius 2 is 1.22 bits per heavy atom. The number of fused-ring (bicyclic) bond motifs is 12. The number of amides is 3. The number of benzene rings is 4. The van der Waals surface area contributed by atoms with Gasteiger partial charge in [-0.15, -0.1) is 32.0 Å². The zero-order chi connectivity index (χ0) is 57.7. The number of carboxylic acid groups (broad SMARTS) is 2. The maximum absolute atomic E-state index is 13.0. The molecule has 0 aliphatic rings. The van der Waals surface area contributed by atoms with Crippen LogP contribution in [0.2, 0.25) is 10.0 Å². The highest BCUT2D eigenvalue weighted by Crippen LogP contribution is 2.36. The molecule has 12 rings (SSSR count). The van der Waals surface area contributed by atoms with Crippen molar-refractivity contribution < 1.29 is 52.1 Å². The monoisotopic (exact) mass is 1170 g/mol. The van der Waals surface area contributed by atoms with E-state index in [0.717, 1.165) is 39.2 Å². The summed E-state index contributed by atoms with van der Waals surface area (Å²) in [5.74, 6) is -0.829. The molecule has 0 bridgehead atoms. The van der Waals surface area contributed by atoms with Crippen LogP contribution in [0, 0.1) is 5.92 Å². The van der Waals surface area contributed by atoms with Crippen LogP contribution in [0.15, 0.2) is 97.1 Å². The van der Waals surface area contributed by atoms with Crippen LogP contribution in [-0.2, 0) is 11.0 Å². The third-order valence-electron chi connectivity index (χ3n) is 11.4. The summed E-state index contributed by atoms with van der Waals surface area (Å²) in [6, 6.07) is 25.7. The number of tetrazole rings is 4. The minimum atomic E-state index is -4.59. The number of hydrogen-bond donors (Lipinski definition) is 5. The van der Waals surface area contributed by atoms with Crippen LogP contribution >= 0.6 is 34.8 Å². The highest BCUT2D eigenvalue weighted by atomic mass is 35.5. The van der Waals surface area contributed by atoms with Crippen molar-refractivity contribution in [1.29, 1.82) is 0 Å². The Hall–Kier alpha value is -9.78. The van der Waals surface area contributed by atoms with Gasteiger partial charge in [0.15, 0.2) is 16.9 Å². The lowest BCUT2D eigenvalue weighted by Crippen LogP contribution is -2.26. The normalized spacial score (nSPS) is 11.4. The predicted octanol–water partition coefficient (Wildman–Crippen LogP) is 7.65. The molecule has 8 heterocycles. The molecule has 0 aliphatic carbocycles. The zero-order valence-electron chi connectivity index (χ0n) is 41.5. The maximum atomic E-state index is 13.0. The summed E-state index contributed by atoms with van der Waals surface area (Å²) in [6.45, 7) is 4.89. The number of carbonyl (C=O) groups excluding carboxylic acids is 2. The third kappa shape index (κ3) is 11.8. The molecule has 0 radical (unpaired) electrons. The molecular formula is C48H37Cl3F3N19O8. The van der Waals surface area contributed by atoms with Crippen LogP contribution in [0.1, 0.15) is 56.9 Å². The number of para-hydroxylation sites is 3. The molecule has 3 amide bonds. The highest BCUT2D eigenvalue weighted by molar-refractivity contribution is 6.35. The van der Waals surface area contributed by atoms with Crippen molar-refractivity contribution in [3.05, 3.63) is 129 Å². The van der Waals surface area contributed by atoms with E-state index in [1.54, 1.807) is 48.5 Å². The van der Waals surface area contributed by atoms with E-state index in [0.29, 0.717) is 85.5 Å². The number of halogens is 6. The smallest absolute Gasteiger partial charge is 0.418 e. The molecular weight excluding hydrogens is 1130 g/mol. The number of anilines is 1. The Morgan fingerprint density at radius 3 is 1.85 bits per heavy atom. The van der Waals surface area contributed by atoms with Crippen molar-refractivity contribution in [2.75, 3.05) is 24.4 Å². The number of primary amides is 1. The number of hydroxylamine groups is 1. The van der Waals surface area contributed by atoms with E-state index in [1.165, 1.54) is 25.7 Å². The lowest BCUT2D eigenvalue weighted by molar-refractivity contribution is -0.136. The summed E-state index contributed by atoms with van der Waals surface area (Å²) in [5, 5.41) is 67.7. The summed E-state index contributed by atoms with van der Waals surface area (Å²) in [7, 11) is 0. The van der Waals surface area contributed by atoms with Crippen LogP contribution < -0.4 is 21.3 Å². The highest BCUT2D eigenvalue weighted by Gasteiger charge is 2.34.